The summed E-state index contributed by atoms with van der Waals surface area (Å²) in [5.74, 6) is 1.91. The van der Waals surface area contributed by atoms with Gasteiger partial charge in [-0.3, -0.25) is 0 Å². The minimum atomic E-state index is -1.15. The number of anilines is 3. The number of rotatable bonds is 8. The molecule has 8 nitrogen and oxygen atoms in total. The molecule has 0 radical (unpaired) electrons. The fourth-order valence-electron chi connectivity index (χ4n) is 2.67. The molecule has 1 unspecified atom stereocenters. The van der Waals surface area contributed by atoms with Gasteiger partial charge in [0.25, 0.3) is 0 Å². The highest BCUT2D eigenvalue weighted by Crippen LogP contribution is 2.31. The van der Waals surface area contributed by atoms with Gasteiger partial charge in [0.15, 0.2) is 0 Å². The second-order valence-corrected chi connectivity index (χ2v) is 5.76. The SMILES string of the molecule is COc1ccc(Nc2cc(-c3ccccc3OC)ncn2)cc1NC(O)OC. The summed E-state index contributed by atoms with van der Waals surface area (Å²) in [6.07, 6.45) is 0.335. The molecule has 3 aromatic rings. The lowest BCUT2D eigenvalue weighted by Crippen LogP contribution is -2.20. The minimum Gasteiger partial charge on any atom is -0.496 e. The summed E-state index contributed by atoms with van der Waals surface area (Å²) in [6.45, 7) is 0. The van der Waals surface area contributed by atoms with Crippen molar-refractivity contribution in [1.82, 2.24) is 9.97 Å². The monoisotopic (exact) mass is 382 g/mol. The van der Waals surface area contributed by atoms with Crippen LogP contribution in [0.5, 0.6) is 11.5 Å². The first-order valence-electron chi connectivity index (χ1n) is 8.52. The van der Waals surface area contributed by atoms with Crippen LogP contribution in [0.1, 0.15) is 0 Å². The van der Waals surface area contributed by atoms with Crippen LogP contribution in [0, 0.1) is 0 Å². The Morgan fingerprint density at radius 3 is 2.46 bits per heavy atom. The van der Waals surface area contributed by atoms with E-state index in [4.69, 9.17) is 14.2 Å². The van der Waals surface area contributed by atoms with Crippen molar-refractivity contribution >= 4 is 17.2 Å². The summed E-state index contributed by atoms with van der Waals surface area (Å²) >= 11 is 0. The molecule has 0 bridgehead atoms. The summed E-state index contributed by atoms with van der Waals surface area (Å²) in [6, 6.07) is 14.9. The highest BCUT2D eigenvalue weighted by atomic mass is 16.6. The van der Waals surface area contributed by atoms with Gasteiger partial charge in [0.1, 0.15) is 23.6 Å². The first-order valence-corrected chi connectivity index (χ1v) is 8.52. The predicted octanol–water partition coefficient (Wildman–Crippen LogP) is 3.24. The average Bonchev–Trinajstić information content (AvgIpc) is 2.74. The Balaban J connectivity index is 1.87. The zero-order chi connectivity index (χ0) is 19.9. The standard InChI is InChI=1S/C20H22N4O4/c1-26-17-7-5-4-6-14(17)15-11-19(22-12-21-15)23-13-8-9-18(27-2)16(10-13)24-20(25)28-3/h4-12,20,24-25H,1-3H3,(H,21,22,23). The molecule has 0 aliphatic carbocycles. The number of nitrogens with zero attached hydrogens (tertiary/aromatic N) is 2. The van der Waals surface area contributed by atoms with Crippen LogP contribution in [-0.4, -0.2) is 42.8 Å². The summed E-state index contributed by atoms with van der Waals surface area (Å²) in [7, 11) is 4.57. The molecule has 0 amide bonds. The molecule has 3 N–H and O–H groups in total. The number of hydrogen-bond donors (Lipinski definition) is 3. The summed E-state index contributed by atoms with van der Waals surface area (Å²) in [5.41, 5.74) is 2.92. The number of methoxy groups -OCH3 is 3. The Bertz CT molecular complexity index is 936. The van der Waals surface area contributed by atoms with E-state index in [2.05, 4.69) is 20.6 Å². The fraction of sp³-hybridized carbons (Fsp3) is 0.200. The van der Waals surface area contributed by atoms with Crippen molar-refractivity contribution in [1.29, 1.82) is 0 Å². The van der Waals surface area contributed by atoms with Crippen LogP contribution in [0.25, 0.3) is 11.3 Å². The lowest BCUT2D eigenvalue weighted by Gasteiger charge is -2.16. The number of para-hydroxylation sites is 1. The number of aromatic nitrogens is 2. The number of nitrogens with one attached hydrogen (secondary N) is 2. The lowest BCUT2D eigenvalue weighted by molar-refractivity contribution is -0.0511. The Morgan fingerprint density at radius 2 is 1.71 bits per heavy atom. The Morgan fingerprint density at radius 1 is 0.929 bits per heavy atom. The van der Waals surface area contributed by atoms with E-state index >= 15 is 0 Å². The van der Waals surface area contributed by atoms with Gasteiger partial charge in [-0.2, -0.15) is 0 Å². The molecule has 0 fully saturated rings. The molecule has 3 rings (SSSR count). The van der Waals surface area contributed by atoms with Crippen LogP contribution >= 0.6 is 0 Å². The van der Waals surface area contributed by atoms with Gasteiger partial charge in [0.05, 0.1) is 25.6 Å². The summed E-state index contributed by atoms with van der Waals surface area (Å²) < 4.78 is 15.5. The zero-order valence-electron chi connectivity index (χ0n) is 15.8. The van der Waals surface area contributed by atoms with E-state index in [1.165, 1.54) is 13.4 Å². The molecule has 0 aliphatic heterocycles. The summed E-state index contributed by atoms with van der Waals surface area (Å²) in [4.78, 5) is 8.62. The van der Waals surface area contributed by atoms with Crippen molar-refractivity contribution in [3.8, 4) is 22.8 Å². The van der Waals surface area contributed by atoms with Gasteiger partial charge in [-0.15, -0.1) is 0 Å². The quantitative estimate of drug-likeness (QED) is 0.511. The van der Waals surface area contributed by atoms with Crippen molar-refractivity contribution in [2.24, 2.45) is 0 Å². The molecular weight excluding hydrogens is 360 g/mol. The van der Waals surface area contributed by atoms with Crippen molar-refractivity contribution in [2.75, 3.05) is 32.0 Å². The van der Waals surface area contributed by atoms with E-state index in [-0.39, 0.29) is 0 Å². The van der Waals surface area contributed by atoms with Crippen LogP contribution in [0.15, 0.2) is 54.9 Å². The van der Waals surface area contributed by atoms with Gasteiger partial charge in [-0.1, -0.05) is 12.1 Å². The van der Waals surface area contributed by atoms with E-state index in [0.29, 0.717) is 17.3 Å². The first kappa shape index (κ1) is 19.4. The topological polar surface area (TPSA) is 97.8 Å². The number of hydrogen-bond acceptors (Lipinski definition) is 8. The fourth-order valence-corrected chi connectivity index (χ4v) is 2.67. The maximum absolute atomic E-state index is 9.68. The molecule has 1 heterocycles. The van der Waals surface area contributed by atoms with Gasteiger partial charge in [-0.25, -0.2) is 9.97 Å². The molecule has 0 saturated carbocycles. The van der Waals surface area contributed by atoms with Crippen LogP contribution in [0.3, 0.4) is 0 Å². The molecule has 2 aromatic carbocycles. The third kappa shape index (κ3) is 4.48. The maximum Gasteiger partial charge on any atom is 0.235 e. The van der Waals surface area contributed by atoms with Gasteiger partial charge in [0, 0.05) is 24.4 Å². The summed E-state index contributed by atoms with van der Waals surface area (Å²) in [5, 5.41) is 15.7. The maximum atomic E-state index is 9.68. The van der Waals surface area contributed by atoms with Crippen LogP contribution in [0.2, 0.25) is 0 Å². The molecular formula is C20H22N4O4. The largest absolute Gasteiger partial charge is 0.496 e. The van der Waals surface area contributed by atoms with Crippen molar-refractivity contribution < 1.29 is 19.3 Å². The highest BCUT2D eigenvalue weighted by molar-refractivity contribution is 5.72. The van der Waals surface area contributed by atoms with Crippen LogP contribution in [-0.2, 0) is 4.74 Å². The normalized spacial score (nSPS) is 11.6. The second kappa shape index (κ2) is 9.03. The van der Waals surface area contributed by atoms with E-state index < -0.39 is 6.41 Å². The molecule has 0 saturated heterocycles. The van der Waals surface area contributed by atoms with Gasteiger partial charge in [-0.05, 0) is 30.3 Å². The number of ether oxygens (including phenoxy) is 3. The highest BCUT2D eigenvalue weighted by Gasteiger charge is 2.11. The molecule has 8 heteroatoms. The van der Waals surface area contributed by atoms with Crippen molar-refractivity contribution in [3.63, 3.8) is 0 Å². The molecule has 0 spiro atoms. The Kier molecular flexibility index (Phi) is 6.25. The molecule has 0 aliphatic rings. The smallest absolute Gasteiger partial charge is 0.235 e. The van der Waals surface area contributed by atoms with Gasteiger partial charge >= 0.3 is 0 Å². The molecule has 28 heavy (non-hydrogen) atoms. The van der Waals surface area contributed by atoms with E-state index in [0.717, 1.165) is 22.7 Å². The van der Waals surface area contributed by atoms with Crippen molar-refractivity contribution in [2.45, 2.75) is 6.41 Å². The minimum absolute atomic E-state index is 0.569. The van der Waals surface area contributed by atoms with Gasteiger partial charge in [0.2, 0.25) is 6.41 Å². The van der Waals surface area contributed by atoms with Crippen molar-refractivity contribution in [3.05, 3.63) is 54.9 Å². The lowest BCUT2D eigenvalue weighted by atomic mass is 10.1. The number of aliphatic hydroxyl groups is 1. The van der Waals surface area contributed by atoms with E-state index in [9.17, 15) is 5.11 Å². The second-order valence-electron chi connectivity index (χ2n) is 5.76. The average molecular weight is 382 g/mol. The Labute approximate surface area is 163 Å². The van der Waals surface area contributed by atoms with Gasteiger partial charge < -0.3 is 30.0 Å². The van der Waals surface area contributed by atoms with Crippen LogP contribution in [0.4, 0.5) is 17.2 Å². The number of aliphatic hydroxyl groups excluding tert-OH is 1. The molecule has 1 atom stereocenters. The third-order valence-corrected chi connectivity index (χ3v) is 4.02. The Hall–Kier alpha value is -3.36. The predicted molar refractivity (Wildman–Crippen MR) is 107 cm³/mol. The first-order chi connectivity index (χ1) is 13.6. The molecule has 146 valence electrons. The molecule has 1 aromatic heterocycles. The number of benzene rings is 2. The van der Waals surface area contributed by atoms with Crippen LogP contribution < -0.4 is 20.1 Å². The third-order valence-electron chi connectivity index (χ3n) is 4.02. The van der Waals surface area contributed by atoms with E-state index in [1.54, 1.807) is 26.4 Å². The zero-order valence-corrected chi connectivity index (χ0v) is 15.8. The van der Waals surface area contributed by atoms with E-state index in [1.807, 2.05) is 36.4 Å².